The van der Waals surface area contributed by atoms with Gasteiger partial charge >= 0.3 is 0 Å². The highest BCUT2D eigenvalue weighted by Gasteiger charge is 2.28. The molecule has 0 bridgehead atoms. The zero-order valence-corrected chi connectivity index (χ0v) is 12.3. The van der Waals surface area contributed by atoms with E-state index in [-0.39, 0.29) is 11.9 Å². The highest BCUT2D eigenvalue weighted by atomic mass is 35.5. The Bertz CT molecular complexity index is 657. The highest BCUT2D eigenvalue weighted by Crippen LogP contribution is 2.36. The molecule has 1 aliphatic rings. The maximum atomic E-state index is 11.8. The predicted molar refractivity (Wildman–Crippen MR) is 84.0 cm³/mol. The summed E-state index contributed by atoms with van der Waals surface area (Å²) in [6.07, 6.45) is 1.85. The standard InChI is InChI=1S/C17H17ClN2O/c18-14-8-4-7-13-12(14)9-10-15(13)20-16(17(19)21)11-5-2-1-3-6-11/h1-8,15-16,20H,9-10H2,(H2,19,21). The maximum absolute atomic E-state index is 11.8. The first-order valence-corrected chi connectivity index (χ1v) is 7.42. The molecule has 1 aliphatic carbocycles. The van der Waals surface area contributed by atoms with Crippen molar-refractivity contribution in [1.82, 2.24) is 5.32 Å². The van der Waals surface area contributed by atoms with Crippen molar-refractivity contribution >= 4 is 17.5 Å². The van der Waals surface area contributed by atoms with Gasteiger partial charge < -0.3 is 5.73 Å². The van der Waals surface area contributed by atoms with Crippen LogP contribution >= 0.6 is 11.6 Å². The number of carbonyl (C=O) groups is 1. The summed E-state index contributed by atoms with van der Waals surface area (Å²) in [4.78, 5) is 11.8. The third-order valence-electron chi connectivity index (χ3n) is 4.00. The van der Waals surface area contributed by atoms with Gasteiger partial charge in [-0.2, -0.15) is 0 Å². The van der Waals surface area contributed by atoms with Gasteiger partial charge in [-0.3, -0.25) is 10.1 Å². The third kappa shape index (κ3) is 2.80. The minimum atomic E-state index is -0.485. The molecule has 0 saturated carbocycles. The van der Waals surface area contributed by atoms with Crippen molar-refractivity contribution in [2.75, 3.05) is 0 Å². The zero-order chi connectivity index (χ0) is 14.8. The Labute approximate surface area is 129 Å². The van der Waals surface area contributed by atoms with E-state index in [1.807, 2.05) is 42.5 Å². The molecule has 0 fully saturated rings. The molecular weight excluding hydrogens is 284 g/mol. The number of nitrogens with one attached hydrogen (secondary N) is 1. The number of nitrogens with two attached hydrogens (primary N) is 1. The molecule has 2 aromatic rings. The van der Waals surface area contributed by atoms with Gasteiger partial charge in [0, 0.05) is 11.1 Å². The fourth-order valence-electron chi connectivity index (χ4n) is 2.97. The van der Waals surface area contributed by atoms with E-state index in [0.29, 0.717) is 0 Å². The average Bonchev–Trinajstić information content (AvgIpc) is 2.90. The summed E-state index contributed by atoms with van der Waals surface area (Å²) in [5.74, 6) is -0.364. The number of benzene rings is 2. The molecule has 4 heteroatoms. The second-order valence-corrected chi connectivity index (χ2v) is 5.72. The van der Waals surface area contributed by atoms with E-state index in [4.69, 9.17) is 17.3 Å². The normalized spacial score (nSPS) is 18.2. The van der Waals surface area contributed by atoms with Gasteiger partial charge in [-0.15, -0.1) is 0 Å². The Balaban J connectivity index is 1.87. The quantitative estimate of drug-likeness (QED) is 0.911. The summed E-state index contributed by atoms with van der Waals surface area (Å²) in [6, 6.07) is 15.1. The molecule has 21 heavy (non-hydrogen) atoms. The molecule has 2 unspecified atom stereocenters. The molecule has 2 aromatic carbocycles. The molecule has 3 N–H and O–H groups in total. The number of hydrogen-bond acceptors (Lipinski definition) is 2. The lowest BCUT2D eigenvalue weighted by Crippen LogP contribution is -2.35. The predicted octanol–water partition coefficient (Wildman–Crippen LogP) is 3.14. The lowest BCUT2D eigenvalue weighted by Gasteiger charge is -2.21. The van der Waals surface area contributed by atoms with Crippen LogP contribution in [-0.2, 0) is 11.2 Å². The molecule has 0 heterocycles. The smallest absolute Gasteiger partial charge is 0.239 e. The van der Waals surface area contributed by atoms with Gasteiger partial charge in [-0.1, -0.05) is 54.1 Å². The van der Waals surface area contributed by atoms with Gasteiger partial charge in [0.05, 0.1) is 0 Å². The van der Waals surface area contributed by atoms with Crippen LogP contribution in [0.1, 0.15) is 35.2 Å². The van der Waals surface area contributed by atoms with E-state index < -0.39 is 6.04 Å². The van der Waals surface area contributed by atoms with Gasteiger partial charge in [0.1, 0.15) is 6.04 Å². The van der Waals surface area contributed by atoms with Gasteiger partial charge in [-0.25, -0.2) is 0 Å². The Morgan fingerprint density at radius 1 is 1.19 bits per heavy atom. The van der Waals surface area contributed by atoms with Crippen LogP contribution in [0.4, 0.5) is 0 Å². The number of fused-ring (bicyclic) bond motifs is 1. The van der Waals surface area contributed by atoms with Gasteiger partial charge in [-0.05, 0) is 35.6 Å². The molecule has 0 aromatic heterocycles. The summed E-state index contributed by atoms with van der Waals surface area (Å²) in [6.45, 7) is 0. The van der Waals surface area contributed by atoms with Crippen LogP contribution in [0.5, 0.6) is 0 Å². The van der Waals surface area contributed by atoms with Gasteiger partial charge in [0.15, 0.2) is 0 Å². The Morgan fingerprint density at radius 2 is 1.95 bits per heavy atom. The van der Waals surface area contributed by atoms with Crippen molar-refractivity contribution in [2.45, 2.75) is 24.9 Å². The average molecular weight is 301 g/mol. The van der Waals surface area contributed by atoms with E-state index in [9.17, 15) is 4.79 Å². The first kappa shape index (κ1) is 14.1. The molecule has 3 rings (SSSR count). The first-order chi connectivity index (χ1) is 10.2. The number of primary amides is 1. The Hall–Kier alpha value is -1.84. The minimum absolute atomic E-state index is 0.108. The van der Waals surface area contributed by atoms with Crippen LogP contribution < -0.4 is 11.1 Å². The van der Waals surface area contributed by atoms with Crippen LogP contribution in [0, 0.1) is 0 Å². The van der Waals surface area contributed by atoms with Crippen molar-refractivity contribution in [2.24, 2.45) is 5.73 Å². The van der Waals surface area contributed by atoms with Crippen LogP contribution in [0.25, 0.3) is 0 Å². The van der Waals surface area contributed by atoms with E-state index in [0.717, 1.165) is 23.4 Å². The Kier molecular flexibility index (Phi) is 3.95. The molecule has 2 atom stereocenters. The summed E-state index contributed by atoms with van der Waals surface area (Å²) < 4.78 is 0. The molecule has 0 spiro atoms. The Morgan fingerprint density at radius 3 is 2.67 bits per heavy atom. The van der Waals surface area contributed by atoms with Crippen LogP contribution in [-0.4, -0.2) is 5.91 Å². The second kappa shape index (κ2) is 5.88. The lowest BCUT2D eigenvalue weighted by molar-refractivity contribution is -0.120. The van der Waals surface area contributed by atoms with Crippen molar-refractivity contribution in [3.05, 3.63) is 70.2 Å². The molecule has 0 radical (unpaired) electrons. The number of hydrogen-bond donors (Lipinski definition) is 2. The topological polar surface area (TPSA) is 55.1 Å². The second-order valence-electron chi connectivity index (χ2n) is 5.31. The van der Waals surface area contributed by atoms with E-state index >= 15 is 0 Å². The zero-order valence-electron chi connectivity index (χ0n) is 11.6. The van der Waals surface area contributed by atoms with Crippen LogP contribution in [0.2, 0.25) is 5.02 Å². The maximum Gasteiger partial charge on any atom is 0.239 e. The molecule has 3 nitrogen and oxygen atoms in total. The molecule has 108 valence electrons. The van der Waals surface area contributed by atoms with Gasteiger partial charge in [0.2, 0.25) is 5.91 Å². The number of halogens is 1. The molecule has 1 amide bonds. The summed E-state index contributed by atoms with van der Waals surface area (Å²) in [7, 11) is 0. The van der Waals surface area contributed by atoms with Gasteiger partial charge in [0.25, 0.3) is 0 Å². The summed E-state index contributed by atoms with van der Waals surface area (Å²) >= 11 is 6.23. The monoisotopic (exact) mass is 300 g/mol. The number of rotatable bonds is 4. The fraction of sp³-hybridized carbons (Fsp3) is 0.235. The van der Waals surface area contributed by atoms with Crippen molar-refractivity contribution in [3.63, 3.8) is 0 Å². The van der Waals surface area contributed by atoms with Crippen molar-refractivity contribution in [1.29, 1.82) is 0 Å². The van der Waals surface area contributed by atoms with E-state index in [1.165, 1.54) is 11.1 Å². The fourth-order valence-corrected chi connectivity index (χ4v) is 3.25. The molecular formula is C17H17ClN2O. The third-order valence-corrected chi connectivity index (χ3v) is 4.35. The lowest BCUT2D eigenvalue weighted by atomic mass is 10.0. The highest BCUT2D eigenvalue weighted by molar-refractivity contribution is 6.31. The van der Waals surface area contributed by atoms with Crippen molar-refractivity contribution in [3.8, 4) is 0 Å². The van der Waals surface area contributed by atoms with Crippen LogP contribution in [0.3, 0.4) is 0 Å². The largest absolute Gasteiger partial charge is 0.368 e. The van der Waals surface area contributed by atoms with E-state index in [2.05, 4.69) is 11.4 Å². The number of amides is 1. The SMILES string of the molecule is NC(=O)C(NC1CCc2c(Cl)cccc21)c1ccccc1. The molecule has 0 saturated heterocycles. The number of carbonyl (C=O) groups excluding carboxylic acids is 1. The van der Waals surface area contributed by atoms with Crippen LogP contribution in [0.15, 0.2) is 48.5 Å². The summed E-state index contributed by atoms with van der Waals surface area (Å²) in [5, 5.41) is 4.18. The summed E-state index contributed by atoms with van der Waals surface area (Å²) in [5.41, 5.74) is 8.80. The molecule has 0 aliphatic heterocycles. The minimum Gasteiger partial charge on any atom is -0.368 e. The first-order valence-electron chi connectivity index (χ1n) is 7.04. The van der Waals surface area contributed by atoms with E-state index in [1.54, 1.807) is 0 Å². The van der Waals surface area contributed by atoms with Crippen molar-refractivity contribution < 1.29 is 4.79 Å².